The molecule has 0 aliphatic carbocycles. The first-order valence-electron chi connectivity index (χ1n) is 9.40. The Hall–Kier alpha value is -3.66. The number of hydrogen-bond donors (Lipinski definition) is 0. The van der Waals surface area contributed by atoms with Gasteiger partial charge in [-0.3, -0.25) is 9.97 Å². The SMILES string of the molecule is O=S(=O)(Oc1ccc2ncccc2c1-c1c(OS(=O)(=O)C(F)(F)F)ccc2ncccc12)C(F)(F)F. The zero-order chi connectivity index (χ0) is 26.5. The Morgan fingerprint density at radius 2 is 0.944 bits per heavy atom. The van der Waals surface area contributed by atoms with Crippen LogP contribution in [0.1, 0.15) is 0 Å². The van der Waals surface area contributed by atoms with Crippen LogP contribution in [-0.4, -0.2) is 37.8 Å². The largest absolute Gasteiger partial charge is 0.534 e. The predicted molar refractivity (Wildman–Crippen MR) is 114 cm³/mol. The maximum atomic E-state index is 13.1. The molecule has 4 aromatic rings. The van der Waals surface area contributed by atoms with E-state index in [0.29, 0.717) is 0 Å². The van der Waals surface area contributed by atoms with Crippen LogP contribution in [0.25, 0.3) is 32.9 Å². The van der Waals surface area contributed by atoms with Crippen LogP contribution in [0.3, 0.4) is 0 Å². The zero-order valence-corrected chi connectivity index (χ0v) is 18.8. The number of hydrogen-bond acceptors (Lipinski definition) is 8. The monoisotopic (exact) mass is 552 g/mol. The molecule has 0 saturated carbocycles. The van der Waals surface area contributed by atoms with Crippen LogP contribution in [-0.2, 0) is 20.2 Å². The van der Waals surface area contributed by atoms with Gasteiger partial charge in [0.05, 0.1) is 11.0 Å². The van der Waals surface area contributed by atoms with E-state index in [4.69, 9.17) is 0 Å². The molecule has 0 atom stereocenters. The summed E-state index contributed by atoms with van der Waals surface area (Å²) in [6, 6.07) is 8.96. The van der Waals surface area contributed by atoms with Crippen LogP contribution in [0.15, 0.2) is 60.9 Å². The van der Waals surface area contributed by atoms with Gasteiger partial charge in [0.1, 0.15) is 0 Å². The first-order valence-corrected chi connectivity index (χ1v) is 12.2. The van der Waals surface area contributed by atoms with E-state index < -0.39 is 53.9 Å². The highest BCUT2D eigenvalue weighted by molar-refractivity contribution is 7.88. The average molecular weight is 552 g/mol. The normalized spacial score (nSPS) is 13.2. The van der Waals surface area contributed by atoms with Gasteiger partial charge in [0.25, 0.3) is 0 Å². The highest BCUT2D eigenvalue weighted by atomic mass is 32.2. The minimum Gasteiger partial charge on any atom is -0.375 e. The maximum absolute atomic E-state index is 13.1. The first kappa shape index (κ1) is 25.4. The molecule has 0 saturated heterocycles. The van der Waals surface area contributed by atoms with Gasteiger partial charge in [-0.2, -0.15) is 43.2 Å². The van der Waals surface area contributed by atoms with Crippen molar-refractivity contribution in [2.45, 2.75) is 11.0 Å². The van der Waals surface area contributed by atoms with E-state index >= 15 is 0 Å². The van der Waals surface area contributed by atoms with Gasteiger partial charge in [0, 0.05) is 34.3 Å². The minimum absolute atomic E-state index is 0.0646. The van der Waals surface area contributed by atoms with E-state index in [1.807, 2.05) is 0 Å². The Bertz CT molecular complexity index is 1580. The number of aromatic nitrogens is 2. The summed E-state index contributed by atoms with van der Waals surface area (Å²) >= 11 is 0. The van der Waals surface area contributed by atoms with Crippen molar-refractivity contribution >= 4 is 42.0 Å². The van der Waals surface area contributed by atoms with E-state index in [1.165, 1.54) is 36.7 Å². The molecule has 8 nitrogen and oxygen atoms in total. The molecule has 2 aromatic carbocycles. The molecule has 0 fully saturated rings. The van der Waals surface area contributed by atoms with Crippen LogP contribution >= 0.6 is 0 Å². The van der Waals surface area contributed by atoms with Gasteiger partial charge >= 0.3 is 31.3 Å². The molecular weight excluding hydrogens is 542 g/mol. The molecule has 4 rings (SSSR count). The summed E-state index contributed by atoms with van der Waals surface area (Å²) in [7, 11) is -12.5. The molecule has 36 heavy (non-hydrogen) atoms. The molecule has 0 radical (unpaired) electrons. The van der Waals surface area contributed by atoms with Crippen molar-refractivity contribution in [3.8, 4) is 22.6 Å². The zero-order valence-electron chi connectivity index (χ0n) is 17.2. The van der Waals surface area contributed by atoms with Crippen molar-refractivity contribution < 1.29 is 51.5 Å². The summed E-state index contributed by atoms with van der Waals surface area (Å²) in [4.78, 5) is 7.99. The molecule has 2 aromatic heterocycles. The van der Waals surface area contributed by atoms with Crippen LogP contribution in [0, 0.1) is 0 Å². The van der Waals surface area contributed by atoms with E-state index in [0.717, 1.165) is 24.3 Å². The number of pyridine rings is 2. The third kappa shape index (κ3) is 4.48. The van der Waals surface area contributed by atoms with E-state index in [1.54, 1.807) is 0 Å². The van der Waals surface area contributed by atoms with Gasteiger partial charge < -0.3 is 8.37 Å². The average Bonchev–Trinajstić information content (AvgIpc) is 2.77. The van der Waals surface area contributed by atoms with Gasteiger partial charge in [-0.1, -0.05) is 12.1 Å². The van der Waals surface area contributed by atoms with Gasteiger partial charge in [-0.05, 0) is 36.4 Å². The summed E-state index contributed by atoms with van der Waals surface area (Å²) in [5.74, 6) is -1.95. The molecule has 0 amide bonds. The molecule has 0 aliphatic rings. The van der Waals surface area contributed by atoms with Gasteiger partial charge in [-0.15, -0.1) is 0 Å². The van der Waals surface area contributed by atoms with Gasteiger partial charge in [0.2, 0.25) is 0 Å². The van der Waals surface area contributed by atoms with E-state index in [-0.39, 0.29) is 21.8 Å². The van der Waals surface area contributed by atoms with Crippen molar-refractivity contribution in [1.82, 2.24) is 9.97 Å². The Labute approximate surface area is 198 Å². The Kier molecular flexibility index (Phi) is 5.99. The predicted octanol–water partition coefficient (Wildman–Crippen LogP) is 4.91. The molecule has 190 valence electrons. The second kappa shape index (κ2) is 8.48. The molecule has 0 N–H and O–H groups in total. The van der Waals surface area contributed by atoms with Crippen molar-refractivity contribution in [2.75, 3.05) is 0 Å². The lowest BCUT2D eigenvalue weighted by Gasteiger charge is -2.19. The lowest BCUT2D eigenvalue weighted by molar-refractivity contribution is -0.0505. The summed E-state index contributed by atoms with van der Waals surface area (Å²) in [6.07, 6.45) is 2.57. The highest BCUT2D eigenvalue weighted by Gasteiger charge is 2.50. The number of nitrogens with zero attached hydrogens (tertiary/aromatic N) is 2. The van der Waals surface area contributed by atoms with E-state index in [2.05, 4.69) is 18.3 Å². The summed E-state index contributed by atoms with van der Waals surface area (Å²) in [5, 5.41) is -0.170. The Morgan fingerprint density at radius 1 is 0.583 bits per heavy atom. The fourth-order valence-corrected chi connectivity index (χ4v) is 4.19. The molecule has 0 spiro atoms. The summed E-state index contributed by atoms with van der Waals surface area (Å²) in [6.45, 7) is 0. The third-order valence-corrected chi connectivity index (χ3v) is 6.64. The van der Waals surface area contributed by atoms with Crippen molar-refractivity contribution in [2.24, 2.45) is 0 Å². The molecule has 0 aliphatic heterocycles. The van der Waals surface area contributed by atoms with Gasteiger partial charge in [0.15, 0.2) is 11.5 Å². The van der Waals surface area contributed by atoms with Crippen LogP contribution in [0.2, 0.25) is 0 Å². The second-order valence-electron chi connectivity index (χ2n) is 6.98. The molecule has 0 unspecified atom stereocenters. The minimum atomic E-state index is -6.25. The lowest BCUT2D eigenvalue weighted by Crippen LogP contribution is -2.28. The summed E-state index contributed by atoms with van der Waals surface area (Å²) < 4.78 is 134. The number of fused-ring (bicyclic) bond motifs is 2. The smallest absolute Gasteiger partial charge is 0.375 e. The number of alkyl halides is 6. The third-order valence-electron chi connectivity index (χ3n) is 4.71. The fraction of sp³-hybridized carbons (Fsp3) is 0.100. The first-order chi connectivity index (χ1) is 16.6. The molecular formula is C20H10F6N2O6S2. The second-order valence-corrected chi connectivity index (χ2v) is 10.1. The fourth-order valence-electron chi connectivity index (χ4n) is 3.25. The quantitative estimate of drug-likeness (QED) is 0.195. The van der Waals surface area contributed by atoms with Crippen LogP contribution in [0.5, 0.6) is 11.5 Å². The van der Waals surface area contributed by atoms with Crippen molar-refractivity contribution in [1.29, 1.82) is 0 Å². The van der Waals surface area contributed by atoms with Crippen LogP contribution < -0.4 is 8.37 Å². The van der Waals surface area contributed by atoms with Crippen molar-refractivity contribution in [3.63, 3.8) is 0 Å². The molecule has 0 bridgehead atoms. The van der Waals surface area contributed by atoms with Crippen molar-refractivity contribution in [3.05, 3.63) is 60.9 Å². The molecule has 2 heterocycles. The summed E-state index contributed by atoms with van der Waals surface area (Å²) in [5.41, 5.74) is -12.6. The lowest BCUT2D eigenvalue weighted by atomic mass is 9.95. The van der Waals surface area contributed by atoms with E-state index in [9.17, 15) is 43.2 Å². The maximum Gasteiger partial charge on any atom is 0.534 e. The Balaban J connectivity index is 2.13. The van der Waals surface area contributed by atoms with Gasteiger partial charge in [-0.25, -0.2) is 0 Å². The number of halogens is 6. The topological polar surface area (TPSA) is 113 Å². The molecule has 16 heteroatoms. The van der Waals surface area contributed by atoms with Crippen LogP contribution in [0.4, 0.5) is 26.3 Å². The number of benzene rings is 2. The highest BCUT2D eigenvalue weighted by Crippen LogP contribution is 2.47. The Morgan fingerprint density at radius 3 is 1.28 bits per heavy atom. The number of rotatable bonds is 5. The standard InChI is InChI=1S/C20H10F6N2O6S2/c21-19(22,23)35(29,30)33-15-7-5-13-11(3-1-9-27-13)17(15)18-12-4-2-10-28-14(12)6-8-16(18)34-36(31,32)20(24,25)26/h1-10H.